The van der Waals surface area contributed by atoms with Gasteiger partial charge in [0.2, 0.25) is 11.8 Å². The van der Waals surface area contributed by atoms with Crippen LogP contribution in [0.1, 0.15) is 49.6 Å². The first-order valence-electron chi connectivity index (χ1n) is 10.9. The van der Waals surface area contributed by atoms with Crippen LogP contribution in [-0.4, -0.2) is 47.4 Å². The van der Waals surface area contributed by atoms with Crippen LogP contribution in [0.25, 0.3) is 0 Å². The summed E-state index contributed by atoms with van der Waals surface area (Å²) in [6.45, 7) is 5.35. The molecular formula is C24H30N2O3S. The predicted octanol–water partition coefficient (Wildman–Crippen LogP) is 4.29. The van der Waals surface area contributed by atoms with E-state index in [9.17, 15) is 9.59 Å². The van der Waals surface area contributed by atoms with Crippen LogP contribution in [-0.2, 0) is 16.0 Å². The number of amides is 2. The first-order chi connectivity index (χ1) is 14.6. The summed E-state index contributed by atoms with van der Waals surface area (Å²) < 4.78 is 6.05. The predicted molar refractivity (Wildman–Crippen MR) is 119 cm³/mol. The average Bonchev–Trinajstić information content (AvgIpc) is 3.52. The van der Waals surface area contributed by atoms with E-state index in [0.717, 1.165) is 31.4 Å². The van der Waals surface area contributed by atoms with Crippen molar-refractivity contribution in [2.75, 3.05) is 19.7 Å². The lowest BCUT2D eigenvalue weighted by Crippen LogP contribution is -2.50. The quantitative estimate of drug-likeness (QED) is 0.633. The number of para-hydroxylation sites is 1. The van der Waals surface area contributed by atoms with E-state index in [1.807, 2.05) is 42.2 Å². The molecule has 1 saturated carbocycles. The number of benzene rings is 1. The molecule has 1 aromatic heterocycles. The van der Waals surface area contributed by atoms with Crippen LogP contribution in [0.15, 0.2) is 41.8 Å². The van der Waals surface area contributed by atoms with Gasteiger partial charge in [-0.2, -0.15) is 0 Å². The molecule has 4 rings (SSSR count). The summed E-state index contributed by atoms with van der Waals surface area (Å²) in [6.07, 6.45) is 3.62. The van der Waals surface area contributed by atoms with E-state index in [2.05, 4.69) is 18.4 Å². The Morgan fingerprint density at radius 3 is 2.70 bits per heavy atom. The SMILES string of the molecule is CC[C@H](C)N(CC(=O)N1CCc2sccc2[C@H]1COc1ccccc1)C(=O)C1CC1. The third-order valence-corrected chi connectivity index (χ3v) is 7.20. The van der Waals surface area contributed by atoms with Crippen molar-refractivity contribution in [3.8, 4) is 5.75 Å². The normalized spacial score (nSPS) is 19.1. The number of hydrogen-bond donors (Lipinski definition) is 0. The third kappa shape index (κ3) is 4.53. The molecular weight excluding hydrogens is 396 g/mol. The maximum atomic E-state index is 13.4. The second-order valence-electron chi connectivity index (χ2n) is 8.27. The van der Waals surface area contributed by atoms with Crippen molar-refractivity contribution in [2.45, 2.75) is 51.6 Å². The largest absolute Gasteiger partial charge is 0.491 e. The zero-order chi connectivity index (χ0) is 21.1. The van der Waals surface area contributed by atoms with Crippen LogP contribution in [0.2, 0.25) is 0 Å². The Labute approximate surface area is 182 Å². The van der Waals surface area contributed by atoms with Gasteiger partial charge in [0.15, 0.2) is 0 Å². The van der Waals surface area contributed by atoms with Crippen LogP contribution in [0, 0.1) is 5.92 Å². The average molecular weight is 427 g/mol. The highest BCUT2D eigenvalue weighted by Gasteiger charge is 2.38. The molecule has 1 fully saturated rings. The van der Waals surface area contributed by atoms with Crippen molar-refractivity contribution in [3.63, 3.8) is 0 Å². The summed E-state index contributed by atoms with van der Waals surface area (Å²) in [5, 5.41) is 2.09. The first kappa shape index (κ1) is 20.9. The van der Waals surface area contributed by atoms with Gasteiger partial charge in [-0.3, -0.25) is 9.59 Å². The lowest BCUT2D eigenvalue weighted by Gasteiger charge is -2.38. The summed E-state index contributed by atoms with van der Waals surface area (Å²) >= 11 is 1.75. The van der Waals surface area contributed by atoms with Crippen LogP contribution in [0.4, 0.5) is 0 Å². The number of hydrogen-bond acceptors (Lipinski definition) is 4. The fraction of sp³-hybridized carbons (Fsp3) is 0.500. The third-order valence-electron chi connectivity index (χ3n) is 6.20. The molecule has 30 heavy (non-hydrogen) atoms. The minimum atomic E-state index is -0.123. The molecule has 2 heterocycles. The van der Waals surface area contributed by atoms with E-state index in [0.29, 0.717) is 13.2 Å². The number of fused-ring (bicyclic) bond motifs is 1. The van der Waals surface area contributed by atoms with Gasteiger partial charge < -0.3 is 14.5 Å². The van der Waals surface area contributed by atoms with E-state index in [1.54, 1.807) is 16.2 Å². The van der Waals surface area contributed by atoms with Gasteiger partial charge >= 0.3 is 0 Å². The number of ether oxygens (including phenoxy) is 1. The van der Waals surface area contributed by atoms with Crippen LogP contribution in [0.3, 0.4) is 0 Å². The molecule has 2 aliphatic rings. The number of carbonyl (C=O) groups is 2. The van der Waals surface area contributed by atoms with Crippen molar-refractivity contribution in [2.24, 2.45) is 5.92 Å². The molecule has 160 valence electrons. The fourth-order valence-electron chi connectivity index (χ4n) is 4.04. The highest BCUT2D eigenvalue weighted by atomic mass is 32.1. The smallest absolute Gasteiger partial charge is 0.242 e. The van der Waals surface area contributed by atoms with Crippen molar-refractivity contribution in [1.29, 1.82) is 0 Å². The monoisotopic (exact) mass is 426 g/mol. The lowest BCUT2D eigenvalue weighted by atomic mass is 10.00. The second-order valence-corrected chi connectivity index (χ2v) is 9.27. The number of carbonyl (C=O) groups excluding carboxylic acids is 2. The molecule has 1 aliphatic heterocycles. The van der Waals surface area contributed by atoms with Crippen LogP contribution in [0.5, 0.6) is 5.75 Å². The molecule has 1 aromatic carbocycles. The van der Waals surface area contributed by atoms with Gasteiger partial charge in [0.25, 0.3) is 0 Å². The van der Waals surface area contributed by atoms with Gasteiger partial charge in [-0.1, -0.05) is 25.1 Å². The number of rotatable bonds is 8. The summed E-state index contributed by atoms with van der Waals surface area (Å²) in [6, 6.07) is 11.8. The molecule has 2 amide bonds. The van der Waals surface area contributed by atoms with Gasteiger partial charge in [0, 0.05) is 23.4 Å². The first-order valence-corrected chi connectivity index (χ1v) is 11.8. The lowest BCUT2D eigenvalue weighted by molar-refractivity contribution is -0.145. The Bertz CT molecular complexity index is 878. The second kappa shape index (κ2) is 9.21. The summed E-state index contributed by atoms with van der Waals surface area (Å²) in [4.78, 5) is 31.3. The highest BCUT2D eigenvalue weighted by molar-refractivity contribution is 7.10. The zero-order valence-electron chi connectivity index (χ0n) is 17.8. The molecule has 2 atom stereocenters. The molecule has 6 heteroatoms. The topological polar surface area (TPSA) is 49.9 Å². The maximum Gasteiger partial charge on any atom is 0.242 e. The molecule has 0 unspecified atom stereocenters. The Kier molecular flexibility index (Phi) is 6.42. The molecule has 0 saturated heterocycles. The fourth-order valence-corrected chi connectivity index (χ4v) is 4.97. The van der Waals surface area contributed by atoms with Crippen molar-refractivity contribution < 1.29 is 14.3 Å². The van der Waals surface area contributed by atoms with Gasteiger partial charge in [-0.25, -0.2) is 0 Å². The highest BCUT2D eigenvalue weighted by Crippen LogP contribution is 2.35. The molecule has 2 aromatic rings. The Hall–Kier alpha value is -2.34. The zero-order valence-corrected chi connectivity index (χ0v) is 18.6. The van der Waals surface area contributed by atoms with Crippen LogP contribution < -0.4 is 4.74 Å². The van der Waals surface area contributed by atoms with Crippen molar-refractivity contribution in [1.82, 2.24) is 9.80 Å². The van der Waals surface area contributed by atoms with Gasteiger partial charge in [-0.15, -0.1) is 11.3 Å². The van der Waals surface area contributed by atoms with Gasteiger partial charge in [0.1, 0.15) is 18.9 Å². The van der Waals surface area contributed by atoms with Crippen LogP contribution >= 0.6 is 11.3 Å². The Balaban J connectivity index is 1.51. The Morgan fingerprint density at radius 2 is 2.00 bits per heavy atom. The van der Waals surface area contributed by atoms with Gasteiger partial charge in [-0.05, 0) is 61.7 Å². The molecule has 0 spiro atoms. The number of nitrogens with zero attached hydrogens (tertiary/aromatic N) is 2. The van der Waals surface area contributed by atoms with E-state index in [-0.39, 0.29) is 36.4 Å². The van der Waals surface area contributed by atoms with E-state index >= 15 is 0 Å². The number of thiophene rings is 1. The molecule has 0 radical (unpaired) electrons. The summed E-state index contributed by atoms with van der Waals surface area (Å²) in [5.41, 5.74) is 1.18. The van der Waals surface area contributed by atoms with E-state index in [1.165, 1.54) is 10.4 Å². The molecule has 0 bridgehead atoms. The molecule has 1 aliphatic carbocycles. The summed E-state index contributed by atoms with van der Waals surface area (Å²) in [7, 11) is 0. The van der Waals surface area contributed by atoms with Gasteiger partial charge in [0.05, 0.1) is 6.04 Å². The molecule has 0 N–H and O–H groups in total. The minimum Gasteiger partial charge on any atom is -0.491 e. The molecule has 5 nitrogen and oxygen atoms in total. The minimum absolute atomic E-state index is 0.0165. The maximum absolute atomic E-state index is 13.4. The Morgan fingerprint density at radius 1 is 1.23 bits per heavy atom. The van der Waals surface area contributed by atoms with Crippen molar-refractivity contribution in [3.05, 3.63) is 52.2 Å². The summed E-state index contributed by atoms with van der Waals surface area (Å²) in [5.74, 6) is 1.08. The standard InChI is InChI=1S/C24H30N2O3S/c1-3-17(2)26(24(28)18-9-10-18)15-23(27)25-13-11-22-20(12-14-30-22)21(25)16-29-19-7-5-4-6-8-19/h4-8,12,14,17-18,21H,3,9-11,13,15-16H2,1-2H3/t17-,21+/m0/s1. The van der Waals surface area contributed by atoms with E-state index in [4.69, 9.17) is 4.74 Å². The van der Waals surface area contributed by atoms with Crippen molar-refractivity contribution >= 4 is 23.2 Å². The van der Waals surface area contributed by atoms with E-state index < -0.39 is 0 Å².